The Labute approximate surface area is 226 Å². The molecule has 0 aliphatic carbocycles. The number of fused-ring (bicyclic) bond motifs is 2. The third kappa shape index (κ3) is 4.62. The second-order valence-electron chi connectivity index (χ2n) is 10.6. The molecule has 2 aromatic carbocycles. The van der Waals surface area contributed by atoms with E-state index in [1.54, 1.807) is 17.5 Å². The van der Waals surface area contributed by atoms with Crippen LogP contribution in [-0.2, 0) is 6.54 Å². The zero-order valence-electron chi connectivity index (χ0n) is 22.2. The first kappa shape index (κ1) is 24.8. The summed E-state index contributed by atoms with van der Waals surface area (Å²) in [5, 5.41) is 15.2. The maximum absolute atomic E-state index is 13.3. The van der Waals surface area contributed by atoms with Crippen molar-refractivity contribution in [1.82, 2.24) is 30.0 Å². The van der Waals surface area contributed by atoms with Crippen LogP contribution in [-0.4, -0.2) is 67.1 Å². The number of benzene rings is 2. The van der Waals surface area contributed by atoms with Crippen molar-refractivity contribution in [2.75, 3.05) is 18.4 Å². The summed E-state index contributed by atoms with van der Waals surface area (Å²) in [6.07, 6.45) is 3.69. The van der Waals surface area contributed by atoms with Crippen LogP contribution in [0.4, 0.5) is 5.69 Å². The van der Waals surface area contributed by atoms with Crippen molar-refractivity contribution in [1.29, 1.82) is 0 Å². The minimum atomic E-state index is -0.210. The number of nitrogens with one attached hydrogen (secondary N) is 3. The van der Waals surface area contributed by atoms with E-state index in [1.165, 1.54) is 0 Å². The predicted octanol–water partition coefficient (Wildman–Crippen LogP) is 5.72. The second-order valence-corrected chi connectivity index (χ2v) is 11.6. The summed E-state index contributed by atoms with van der Waals surface area (Å²) in [6.45, 7) is 11.9. The number of hydrogen-bond acceptors (Lipinski definition) is 6. The molecule has 1 saturated heterocycles. The van der Waals surface area contributed by atoms with Crippen molar-refractivity contribution in [2.24, 2.45) is 0 Å². The largest absolute Gasteiger partial charge is 0.361 e. The quantitative estimate of drug-likeness (QED) is 0.263. The molecule has 1 fully saturated rings. The first-order chi connectivity index (χ1) is 18.4. The van der Waals surface area contributed by atoms with Crippen LogP contribution in [0.25, 0.3) is 32.9 Å². The van der Waals surface area contributed by atoms with Gasteiger partial charge in [-0.1, -0.05) is 12.1 Å². The Morgan fingerprint density at radius 1 is 1.13 bits per heavy atom. The van der Waals surface area contributed by atoms with Crippen LogP contribution >= 0.6 is 11.3 Å². The van der Waals surface area contributed by atoms with Crippen molar-refractivity contribution in [3.05, 3.63) is 64.9 Å². The Morgan fingerprint density at radius 3 is 2.74 bits per heavy atom. The molecule has 0 spiro atoms. The number of H-pyrrole nitrogens is 2. The third-order valence-corrected chi connectivity index (χ3v) is 8.35. The van der Waals surface area contributed by atoms with Gasteiger partial charge < -0.3 is 10.3 Å². The fourth-order valence-corrected chi connectivity index (χ4v) is 6.92. The van der Waals surface area contributed by atoms with E-state index in [1.807, 2.05) is 23.7 Å². The average Bonchev–Trinajstić information content (AvgIpc) is 3.63. The summed E-state index contributed by atoms with van der Waals surface area (Å²) in [5.41, 5.74) is 5.19. The average molecular weight is 528 g/mol. The van der Waals surface area contributed by atoms with Gasteiger partial charge in [0.1, 0.15) is 10.7 Å². The van der Waals surface area contributed by atoms with E-state index in [2.05, 4.69) is 82.3 Å². The Bertz CT molecular complexity index is 1590. The van der Waals surface area contributed by atoms with Gasteiger partial charge in [0.25, 0.3) is 5.91 Å². The maximum atomic E-state index is 13.3. The van der Waals surface area contributed by atoms with Gasteiger partial charge in [-0.05, 0) is 63.1 Å². The summed E-state index contributed by atoms with van der Waals surface area (Å²) in [4.78, 5) is 26.3. The van der Waals surface area contributed by atoms with Crippen LogP contribution in [0.5, 0.6) is 0 Å². The van der Waals surface area contributed by atoms with Gasteiger partial charge in [-0.3, -0.25) is 19.7 Å². The van der Waals surface area contributed by atoms with E-state index >= 15 is 0 Å². The number of rotatable bonds is 6. The zero-order chi connectivity index (χ0) is 26.4. The van der Waals surface area contributed by atoms with Gasteiger partial charge in [-0.25, -0.2) is 4.98 Å². The molecule has 5 aromatic rings. The lowest BCUT2D eigenvalue weighted by Crippen LogP contribution is -2.58. The molecule has 3 N–H and O–H groups in total. The van der Waals surface area contributed by atoms with E-state index < -0.39 is 0 Å². The molecule has 9 heteroatoms. The topological polar surface area (TPSA) is 92.9 Å². The summed E-state index contributed by atoms with van der Waals surface area (Å²) >= 11 is 1.55. The first-order valence-electron chi connectivity index (χ1n) is 13.2. The van der Waals surface area contributed by atoms with Crippen molar-refractivity contribution in [3.8, 4) is 11.1 Å². The lowest BCUT2D eigenvalue weighted by molar-refractivity contribution is 0.0132. The Balaban J connectivity index is 1.21. The molecule has 1 amide bonds. The normalized spacial score (nSPS) is 19.1. The summed E-state index contributed by atoms with van der Waals surface area (Å²) < 4.78 is 0. The standard InChI is InChI=1S/C29H33N7OS/c1-17(2)36-18(3)13-35(14-19(36)4)15-28-32-27(16-38-28)29(37)33-25-10-20(11-26-23(25)12-31-34-26)21-6-5-7-24-22(21)8-9-30-24/h5-12,16-19,30H,13-15H2,1-4H3,(H,31,34)(H,33,37). The van der Waals surface area contributed by atoms with E-state index in [4.69, 9.17) is 4.98 Å². The molecule has 1 aliphatic rings. The molecule has 38 heavy (non-hydrogen) atoms. The first-order valence-corrected chi connectivity index (χ1v) is 14.0. The van der Waals surface area contributed by atoms with E-state index in [9.17, 15) is 4.79 Å². The van der Waals surface area contributed by atoms with Crippen molar-refractivity contribution in [3.63, 3.8) is 0 Å². The lowest BCUT2D eigenvalue weighted by atomic mass is 9.99. The molecular formula is C29H33N7OS. The highest BCUT2D eigenvalue weighted by Crippen LogP contribution is 2.34. The molecule has 0 bridgehead atoms. The summed E-state index contributed by atoms with van der Waals surface area (Å²) in [6, 6.07) is 13.9. The minimum absolute atomic E-state index is 0.210. The number of aromatic nitrogens is 4. The number of anilines is 1. The van der Waals surface area contributed by atoms with Gasteiger partial charge in [-0.2, -0.15) is 5.10 Å². The fraction of sp³-hybridized carbons (Fsp3) is 0.345. The van der Waals surface area contributed by atoms with Crippen LogP contribution in [0.1, 0.15) is 43.2 Å². The highest BCUT2D eigenvalue weighted by molar-refractivity contribution is 7.09. The van der Waals surface area contributed by atoms with Crippen molar-refractivity contribution >= 4 is 44.7 Å². The van der Waals surface area contributed by atoms with Gasteiger partial charge in [0.2, 0.25) is 0 Å². The molecule has 0 radical (unpaired) electrons. The fourth-order valence-electron chi connectivity index (χ4n) is 6.10. The number of nitrogens with zero attached hydrogens (tertiary/aromatic N) is 4. The maximum Gasteiger partial charge on any atom is 0.275 e. The van der Waals surface area contributed by atoms with Crippen LogP contribution in [0, 0.1) is 0 Å². The van der Waals surface area contributed by atoms with Crippen molar-refractivity contribution < 1.29 is 4.79 Å². The van der Waals surface area contributed by atoms with E-state index in [-0.39, 0.29) is 5.91 Å². The van der Waals surface area contributed by atoms with Crippen molar-refractivity contribution in [2.45, 2.75) is 52.4 Å². The highest BCUT2D eigenvalue weighted by atomic mass is 32.1. The SMILES string of the molecule is CC(C)N1C(C)CN(Cc2nc(C(=O)Nc3cc(-c4cccc5[nH]ccc45)cc4[nH]ncc34)cs2)CC1C. The van der Waals surface area contributed by atoms with Gasteiger partial charge in [0.05, 0.1) is 23.9 Å². The molecular weight excluding hydrogens is 494 g/mol. The molecule has 1 aliphatic heterocycles. The van der Waals surface area contributed by atoms with Gasteiger partial charge in [-0.15, -0.1) is 11.3 Å². The summed E-state index contributed by atoms with van der Waals surface area (Å²) in [5.74, 6) is -0.210. The second kappa shape index (κ2) is 9.98. The minimum Gasteiger partial charge on any atom is -0.361 e. The van der Waals surface area contributed by atoms with Crippen LogP contribution in [0.2, 0.25) is 0 Å². The Hall–Kier alpha value is -3.53. The van der Waals surface area contributed by atoms with Gasteiger partial charge in [0, 0.05) is 59.1 Å². The molecule has 8 nitrogen and oxygen atoms in total. The summed E-state index contributed by atoms with van der Waals surface area (Å²) in [7, 11) is 0. The smallest absolute Gasteiger partial charge is 0.275 e. The molecule has 196 valence electrons. The number of hydrogen-bond donors (Lipinski definition) is 3. The number of amides is 1. The van der Waals surface area contributed by atoms with E-state index in [0.717, 1.165) is 57.6 Å². The molecule has 4 heterocycles. The molecule has 0 saturated carbocycles. The molecule has 2 atom stereocenters. The van der Waals surface area contributed by atoms with Crippen LogP contribution in [0.15, 0.2) is 54.2 Å². The Kier molecular flexibility index (Phi) is 6.51. The number of aromatic amines is 2. The molecule has 6 rings (SSSR count). The zero-order valence-corrected chi connectivity index (χ0v) is 23.0. The molecule has 2 unspecified atom stereocenters. The van der Waals surface area contributed by atoms with E-state index in [0.29, 0.717) is 29.5 Å². The monoisotopic (exact) mass is 527 g/mol. The number of thiazole rings is 1. The highest BCUT2D eigenvalue weighted by Gasteiger charge is 2.31. The van der Waals surface area contributed by atoms with Gasteiger partial charge in [0.15, 0.2) is 0 Å². The predicted molar refractivity (Wildman–Crippen MR) is 155 cm³/mol. The van der Waals surface area contributed by atoms with Crippen LogP contribution in [0.3, 0.4) is 0 Å². The molecule has 3 aromatic heterocycles. The third-order valence-electron chi connectivity index (χ3n) is 7.52. The van der Waals surface area contributed by atoms with Gasteiger partial charge >= 0.3 is 0 Å². The number of carbonyl (C=O) groups excluding carboxylic acids is 1. The number of piperazine rings is 1. The lowest BCUT2D eigenvalue weighted by Gasteiger charge is -2.46. The number of carbonyl (C=O) groups is 1. The Morgan fingerprint density at radius 2 is 1.95 bits per heavy atom. The van der Waals surface area contributed by atoms with Crippen LogP contribution < -0.4 is 5.32 Å².